The molecule has 0 bridgehead atoms. The number of aliphatic carboxylic acids is 1. The number of carbonyl (C=O) groups excluding carboxylic acids is 1. The van der Waals surface area contributed by atoms with Gasteiger partial charge in [-0.05, 0) is 19.3 Å². The molecular weight excluding hydrogens is 256 g/mol. The van der Waals surface area contributed by atoms with Crippen molar-refractivity contribution in [3.8, 4) is 0 Å². The summed E-state index contributed by atoms with van der Waals surface area (Å²) in [4.78, 5) is 21.2. The van der Waals surface area contributed by atoms with Crippen LogP contribution in [-0.2, 0) is 14.3 Å². The van der Waals surface area contributed by atoms with E-state index in [1.165, 1.54) is 0 Å². The van der Waals surface area contributed by atoms with Gasteiger partial charge in [0.25, 0.3) is 0 Å². The summed E-state index contributed by atoms with van der Waals surface area (Å²) < 4.78 is 5.21. The predicted octanol–water partition coefficient (Wildman–Crippen LogP) is 3.36. The molecule has 0 aliphatic heterocycles. The highest BCUT2D eigenvalue weighted by Gasteiger charge is 2.46. The van der Waals surface area contributed by atoms with Crippen LogP contribution in [0.15, 0.2) is 0 Å². The van der Waals surface area contributed by atoms with Gasteiger partial charge in [0, 0.05) is 0 Å². The lowest BCUT2D eigenvalue weighted by Crippen LogP contribution is -2.44. The van der Waals surface area contributed by atoms with Gasteiger partial charge in [0.15, 0.2) is 0 Å². The molecule has 0 radical (unpaired) electrons. The first kappa shape index (κ1) is 17.2. The Morgan fingerprint density at radius 1 is 1.28 bits per heavy atom. The minimum atomic E-state index is -1.93. The summed E-state index contributed by atoms with van der Waals surface area (Å²) in [5.41, 5.74) is 0. The molecule has 0 fully saturated rings. The van der Waals surface area contributed by atoms with Crippen LogP contribution >= 0.6 is 11.6 Å². The number of ether oxygens (including phenoxy) is 1. The Morgan fingerprint density at radius 2 is 1.89 bits per heavy atom. The van der Waals surface area contributed by atoms with Crippen molar-refractivity contribution in [3.05, 3.63) is 0 Å². The first-order valence-electron chi connectivity index (χ1n) is 6.55. The van der Waals surface area contributed by atoms with Crippen LogP contribution in [0.1, 0.15) is 59.3 Å². The highest BCUT2D eigenvalue weighted by molar-refractivity contribution is 6.44. The Morgan fingerprint density at radius 3 is 2.28 bits per heavy atom. The normalized spacial score (nSPS) is 15.8. The van der Waals surface area contributed by atoms with Crippen LogP contribution in [0.5, 0.6) is 0 Å². The average Bonchev–Trinajstić information content (AvgIpc) is 2.34. The number of halogens is 1. The number of hydrogen-bond donors (Lipinski definition) is 1. The summed E-state index contributed by atoms with van der Waals surface area (Å²) >= 11 is 5.93. The third-order valence-electron chi connectivity index (χ3n) is 2.88. The van der Waals surface area contributed by atoms with E-state index in [1.807, 2.05) is 20.8 Å². The van der Waals surface area contributed by atoms with E-state index in [0.717, 1.165) is 19.3 Å². The van der Waals surface area contributed by atoms with Gasteiger partial charge in [-0.1, -0.05) is 51.6 Å². The van der Waals surface area contributed by atoms with Gasteiger partial charge in [-0.25, -0.2) is 9.59 Å². The zero-order valence-electron chi connectivity index (χ0n) is 11.4. The van der Waals surface area contributed by atoms with Crippen molar-refractivity contribution in [2.75, 3.05) is 0 Å². The highest BCUT2D eigenvalue weighted by atomic mass is 35.5. The molecule has 0 amide bonds. The second-order valence-electron chi connectivity index (χ2n) is 4.43. The summed E-state index contributed by atoms with van der Waals surface area (Å²) in [5, 5.41) is 9.11. The van der Waals surface area contributed by atoms with Crippen LogP contribution in [0.25, 0.3) is 0 Å². The number of carboxylic acids is 1. The molecular formula is C13H23ClO4. The van der Waals surface area contributed by atoms with Crippen LogP contribution in [0.4, 0.5) is 0 Å². The molecule has 0 aliphatic rings. The van der Waals surface area contributed by atoms with Crippen molar-refractivity contribution in [1.82, 2.24) is 0 Å². The van der Waals surface area contributed by atoms with Crippen molar-refractivity contribution >= 4 is 23.5 Å². The van der Waals surface area contributed by atoms with E-state index in [1.54, 1.807) is 0 Å². The number of carboxylic acid groups (broad SMARTS) is 1. The van der Waals surface area contributed by atoms with E-state index in [-0.39, 0.29) is 12.5 Å². The van der Waals surface area contributed by atoms with E-state index < -0.39 is 16.8 Å². The minimum absolute atomic E-state index is 0.0990. The van der Waals surface area contributed by atoms with Crippen molar-refractivity contribution in [2.24, 2.45) is 0 Å². The Bertz CT molecular complexity index is 280. The summed E-state index contributed by atoms with van der Waals surface area (Å²) in [5.74, 6) is -2.15. The van der Waals surface area contributed by atoms with Gasteiger partial charge in [-0.15, -0.1) is 0 Å². The predicted molar refractivity (Wildman–Crippen MR) is 70.8 cm³/mol. The molecule has 18 heavy (non-hydrogen) atoms. The van der Waals surface area contributed by atoms with Crippen LogP contribution in [0.2, 0.25) is 0 Å². The third-order valence-corrected chi connectivity index (χ3v) is 3.38. The maximum Gasteiger partial charge on any atom is 0.339 e. The zero-order chi connectivity index (χ0) is 14.2. The van der Waals surface area contributed by atoms with Crippen molar-refractivity contribution in [2.45, 2.75) is 70.3 Å². The molecule has 0 aliphatic carbocycles. The molecule has 106 valence electrons. The van der Waals surface area contributed by atoms with Gasteiger partial charge in [0.1, 0.15) is 6.10 Å². The molecule has 0 rings (SSSR count). The van der Waals surface area contributed by atoms with Crippen LogP contribution in [0.3, 0.4) is 0 Å². The number of hydrogen-bond acceptors (Lipinski definition) is 3. The lowest BCUT2D eigenvalue weighted by molar-refractivity contribution is -0.160. The zero-order valence-corrected chi connectivity index (χ0v) is 12.1. The van der Waals surface area contributed by atoms with Crippen LogP contribution in [0, 0.1) is 0 Å². The Kier molecular flexibility index (Phi) is 8.00. The smallest absolute Gasteiger partial charge is 0.339 e. The lowest BCUT2D eigenvalue weighted by Gasteiger charge is -2.24. The first-order chi connectivity index (χ1) is 8.42. The van der Waals surface area contributed by atoms with Crippen LogP contribution in [-0.4, -0.2) is 28.0 Å². The molecule has 0 heterocycles. The second-order valence-corrected chi connectivity index (χ2v) is 5.08. The fourth-order valence-electron chi connectivity index (χ4n) is 1.63. The molecule has 0 saturated heterocycles. The Balaban J connectivity index is 4.70. The minimum Gasteiger partial charge on any atom is -0.479 e. The fraction of sp³-hybridized carbons (Fsp3) is 0.846. The number of unbranched alkanes of at least 4 members (excludes halogenated alkanes) is 1. The topological polar surface area (TPSA) is 63.6 Å². The van der Waals surface area contributed by atoms with Crippen molar-refractivity contribution in [1.29, 1.82) is 0 Å². The molecule has 2 atom stereocenters. The number of carbonyl (C=O) groups is 2. The van der Waals surface area contributed by atoms with Gasteiger partial charge >= 0.3 is 11.9 Å². The van der Waals surface area contributed by atoms with E-state index >= 15 is 0 Å². The molecule has 0 saturated carbocycles. The molecule has 5 heteroatoms. The molecule has 0 spiro atoms. The molecule has 2 unspecified atom stereocenters. The number of esters is 1. The SMILES string of the molecule is CCCCC(Cl)(C(=O)O)C(=O)OC(CC)CCC. The Labute approximate surface area is 114 Å². The summed E-state index contributed by atoms with van der Waals surface area (Å²) in [7, 11) is 0. The van der Waals surface area contributed by atoms with E-state index in [4.69, 9.17) is 21.4 Å². The average molecular weight is 279 g/mol. The van der Waals surface area contributed by atoms with Gasteiger partial charge in [-0.2, -0.15) is 0 Å². The summed E-state index contributed by atoms with van der Waals surface area (Å²) in [6, 6.07) is 0. The summed E-state index contributed by atoms with van der Waals surface area (Å²) in [6.45, 7) is 5.80. The molecule has 0 aromatic heterocycles. The molecule has 0 aromatic rings. The largest absolute Gasteiger partial charge is 0.479 e. The van der Waals surface area contributed by atoms with Crippen molar-refractivity contribution in [3.63, 3.8) is 0 Å². The molecule has 4 nitrogen and oxygen atoms in total. The van der Waals surface area contributed by atoms with E-state index in [2.05, 4.69) is 0 Å². The monoisotopic (exact) mass is 278 g/mol. The lowest BCUT2D eigenvalue weighted by atomic mass is 10.0. The maximum absolute atomic E-state index is 11.9. The first-order valence-corrected chi connectivity index (χ1v) is 6.93. The summed E-state index contributed by atoms with van der Waals surface area (Å²) in [6.07, 6.45) is 3.48. The van der Waals surface area contributed by atoms with Crippen molar-refractivity contribution < 1.29 is 19.4 Å². The quantitative estimate of drug-likeness (QED) is 0.399. The van der Waals surface area contributed by atoms with Gasteiger partial charge in [0.05, 0.1) is 0 Å². The number of alkyl halides is 1. The van der Waals surface area contributed by atoms with E-state index in [0.29, 0.717) is 12.8 Å². The number of rotatable bonds is 9. The van der Waals surface area contributed by atoms with Gasteiger partial charge in [0.2, 0.25) is 4.87 Å². The third kappa shape index (κ3) is 4.84. The standard InChI is InChI=1S/C13H23ClO4/c1-4-7-9-13(14,11(15)16)12(17)18-10(6-3)8-5-2/h10H,4-9H2,1-3H3,(H,15,16). The molecule has 1 N–H and O–H groups in total. The maximum atomic E-state index is 11.9. The van der Waals surface area contributed by atoms with E-state index in [9.17, 15) is 9.59 Å². The highest BCUT2D eigenvalue weighted by Crippen LogP contribution is 2.26. The second kappa shape index (κ2) is 8.35. The Hall–Kier alpha value is -0.770. The van der Waals surface area contributed by atoms with Gasteiger partial charge in [-0.3, -0.25) is 0 Å². The van der Waals surface area contributed by atoms with Gasteiger partial charge < -0.3 is 9.84 Å². The van der Waals surface area contributed by atoms with Crippen LogP contribution < -0.4 is 0 Å². The fourth-order valence-corrected chi connectivity index (χ4v) is 1.81. The molecule has 0 aromatic carbocycles.